The summed E-state index contributed by atoms with van der Waals surface area (Å²) in [5.41, 5.74) is -1.34. The topological polar surface area (TPSA) is 63.8 Å². The number of hydrogen-bond donors (Lipinski definition) is 1. The number of halogens is 4. The third kappa shape index (κ3) is 3.29. The summed E-state index contributed by atoms with van der Waals surface area (Å²) >= 11 is 0. The van der Waals surface area contributed by atoms with Crippen LogP contribution >= 0.6 is 0 Å². The highest BCUT2D eigenvalue weighted by atomic mass is 19.4. The fourth-order valence-corrected chi connectivity index (χ4v) is 1.66. The van der Waals surface area contributed by atoms with Crippen LogP contribution in [-0.4, -0.2) is 25.3 Å². The number of alkyl halides is 3. The van der Waals surface area contributed by atoms with Gasteiger partial charge in [-0.15, -0.1) is 10.2 Å². The highest BCUT2D eigenvalue weighted by Crippen LogP contribution is 2.32. The second kappa shape index (κ2) is 5.16. The number of aryl methyl sites for hydroxylation is 1. The quantitative estimate of drug-likeness (QED) is 0.873. The van der Waals surface area contributed by atoms with Gasteiger partial charge in [-0.25, -0.2) is 4.39 Å². The van der Waals surface area contributed by atoms with E-state index in [4.69, 9.17) is 0 Å². The molecule has 0 saturated heterocycles. The molecule has 1 unspecified atom stereocenters. The van der Waals surface area contributed by atoms with Gasteiger partial charge in [0, 0.05) is 6.42 Å². The van der Waals surface area contributed by atoms with Gasteiger partial charge >= 0.3 is 6.18 Å². The minimum Gasteiger partial charge on any atom is -0.388 e. The summed E-state index contributed by atoms with van der Waals surface area (Å²) in [5, 5.41) is 20.8. The lowest BCUT2D eigenvalue weighted by atomic mass is 10.0. The van der Waals surface area contributed by atoms with Gasteiger partial charge in [-0.2, -0.15) is 18.0 Å². The SMILES string of the molecule is Cn1nnc(CC(O)c2cc(F)cc(C(F)(F)F)c2)n1. The molecule has 2 rings (SSSR count). The molecule has 1 heterocycles. The molecular formula is C11H10F4N4O. The molecular weight excluding hydrogens is 280 g/mol. The molecule has 1 N–H and O–H groups in total. The number of aliphatic hydroxyl groups is 1. The minimum absolute atomic E-state index is 0.151. The number of rotatable bonds is 3. The molecule has 0 aliphatic heterocycles. The van der Waals surface area contributed by atoms with Crippen molar-refractivity contribution in [2.45, 2.75) is 18.7 Å². The standard InChI is InChI=1S/C11H10F4N4O/c1-19-17-10(16-18-19)5-9(20)6-2-7(11(13,14)15)4-8(12)3-6/h2-4,9,20H,5H2,1H3. The second-order valence-electron chi connectivity index (χ2n) is 4.19. The Bertz CT molecular complexity index is 611. The second-order valence-corrected chi connectivity index (χ2v) is 4.19. The zero-order valence-electron chi connectivity index (χ0n) is 10.3. The van der Waals surface area contributed by atoms with E-state index < -0.39 is 23.7 Å². The predicted octanol–water partition coefficient (Wildman–Crippen LogP) is 1.64. The summed E-state index contributed by atoms with van der Waals surface area (Å²) in [6.07, 6.45) is -6.19. The molecule has 0 fully saturated rings. The Morgan fingerprint density at radius 2 is 2.00 bits per heavy atom. The third-order valence-corrected chi connectivity index (χ3v) is 2.56. The zero-order chi connectivity index (χ0) is 14.9. The van der Waals surface area contributed by atoms with Crippen LogP contribution in [0.15, 0.2) is 18.2 Å². The Balaban J connectivity index is 2.25. The van der Waals surface area contributed by atoms with E-state index in [0.717, 1.165) is 10.9 Å². The fraction of sp³-hybridized carbons (Fsp3) is 0.364. The van der Waals surface area contributed by atoms with E-state index in [1.807, 2.05) is 0 Å². The van der Waals surface area contributed by atoms with Crippen molar-refractivity contribution < 1.29 is 22.7 Å². The Hall–Kier alpha value is -2.03. The van der Waals surface area contributed by atoms with Gasteiger partial charge < -0.3 is 5.11 Å². The van der Waals surface area contributed by atoms with Crippen LogP contribution in [0.1, 0.15) is 23.1 Å². The first-order valence-electron chi connectivity index (χ1n) is 5.54. The first-order valence-corrected chi connectivity index (χ1v) is 5.54. The molecule has 0 aliphatic carbocycles. The summed E-state index contributed by atoms with van der Waals surface area (Å²) < 4.78 is 50.9. The Kier molecular flexibility index (Phi) is 3.71. The molecule has 9 heteroatoms. The first kappa shape index (κ1) is 14.4. The Morgan fingerprint density at radius 3 is 2.55 bits per heavy atom. The molecule has 0 amide bonds. The van der Waals surface area contributed by atoms with Crippen LogP contribution in [-0.2, 0) is 19.6 Å². The lowest BCUT2D eigenvalue weighted by Crippen LogP contribution is -2.10. The average Bonchev–Trinajstić information content (AvgIpc) is 2.72. The third-order valence-electron chi connectivity index (χ3n) is 2.56. The lowest BCUT2D eigenvalue weighted by molar-refractivity contribution is -0.137. The number of benzene rings is 1. The van der Waals surface area contributed by atoms with E-state index in [-0.39, 0.29) is 17.8 Å². The highest BCUT2D eigenvalue weighted by molar-refractivity contribution is 5.28. The lowest BCUT2D eigenvalue weighted by Gasteiger charge is -2.12. The zero-order valence-corrected chi connectivity index (χ0v) is 10.3. The maximum atomic E-state index is 13.2. The molecule has 1 atom stereocenters. The molecule has 0 spiro atoms. The van der Waals surface area contributed by atoms with Crippen LogP contribution in [0.5, 0.6) is 0 Å². The fourth-order valence-electron chi connectivity index (χ4n) is 1.66. The minimum atomic E-state index is -4.68. The number of tetrazole rings is 1. The molecule has 20 heavy (non-hydrogen) atoms. The largest absolute Gasteiger partial charge is 0.416 e. The molecule has 5 nitrogen and oxygen atoms in total. The van der Waals surface area contributed by atoms with Gasteiger partial charge in [0.25, 0.3) is 0 Å². The molecule has 0 radical (unpaired) electrons. The maximum Gasteiger partial charge on any atom is 0.416 e. The monoisotopic (exact) mass is 290 g/mol. The van der Waals surface area contributed by atoms with E-state index in [2.05, 4.69) is 15.4 Å². The van der Waals surface area contributed by atoms with Crippen molar-refractivity contribution in [3.05, 3.63) is 41.0 Å². The summed E-state index contributed by atoms with van der Waals surface area (Å²) in [7, 11) is 1.51. The van der Waals surface area contributed by atoms with Crippen LogP contribution in [0, 0.1) is 5.82 Å². The van der Waals surface area contributed by atoms with Crippen molar-refractivity contribution in [2.24, 2.45) is 7.05 Å². The van der Waals surface area contributed by atoms with Gasteiger partial charge in [0.05, 0.1) is 18.7 Å². The average molecular weight is 290 g/mol. The molecule has 108 valence electrons. The molecule has 1 aromatic heterocycles. The predicted molar refractivity (Wildman–Crippen MR) is 58.9 cm³/mol. The highest BCUT2D eigenvalue weighted by Gasteiger charge is 2.32. The van der Waals surface area contributed by atoms with E-state index >= 15 is 0 Å². The maximum absolute atomic E-state index is 13.2. The van der Waals surface area contributed by atoms with Crippen LogP contribution in [0.3, 0.4) is 0 Å². The molecule has 0 saturated carbocycles. The van der Waals surface area contributed by atoms with Gasteiger partial charge in [-0.1, -0.05) is 0 Å². The van der Waals surface area contributed by atoms with Crippen molar-refractivity contribution in [3.63, 3.8) is 0 Å². The molecule has 0 aliphatic rings. The van der Waals surface area contributed by atoms with E-state index in [1.54, 1.807) is 0 Å². The van der Waals surface area contributed by atoms with E-state index in [9.17, 15) is 22.7 Å². The first-order chi connectivity index (χ1) is 9.25. The van der Waals surface area contributed by atoms with Crippen LogP contribution < -0.4 is 0 Å². The van der Waals surface area contributed by atoms with Gasteiger partial charge in [-0.3, -0.25) is 0 Å². The number of aromatic nitrogens is 4. The van der Waals surface area contributed by atoms with Crippen molar-refractivity contribution in [1.82, 2.24) is 20.2 Å². The summed E-state index contributed by atoms with van der Waals surface area (Å²) in [6.45, 7) is 0. The van der Waals surface area contributed by atoms with Gasteiger partial charge in [0.15, 0.2) is 5.82 Å². The Labute approximate surface area is 110 Å². The number of hydrogen-bond acceptors (Lipinski definition) is 4. The van der Waals surface area contributed by atoms with Gasteiger partial charge in [-0.05, 0) is 29.0 Å². The summed E-state index contributed by atoms with van der Waals surface area (Å²) in [4.78, 5) is 1.15. The normalized spacial score (nSPS) is 13.5. The molecule has 0 bridgehead atoms. The smallest absolute Gasteiger partial charge is 0.388 e. The number of aliphatic hydroxyl groups excluding tert-OH is 1. The van der Waals surface area contributed by atoms with E-state index in [1.165, 1.54) is 7.05 Å². The number of nitrogens with zero attached hydrogens (tertiary/aromatic N) is 4. The Morgan fingerprint density at radius 1 is 1.30 bits per heavy atom. The summed E-state index contributed by atoms with van der Waals surface area (Å²) in [5.74, 6) is -0.918. The van der Waals surface area contributed by atoms with Crippen LogP contribution in [0.25, 0.3) is 0 Å². The van der Waals surface area contributed by atoms with E-state index in [0.29, 0.717) is 12.1 Å². The summed E-state index contributed by atoms with van der Waals surface area (Å²) in [6, 6.07) is 1.91. The van der Waals surface area contributed by atoms with Crippen molar-refractivity contribution in [2.75, 3.05) is 0 Å². The van der Waals surface area contributed by atoms with Crippen molar-refractivity contribution in [3.8, 4) is 0 Å². The van der Waals surface area contributed by atoms with Gasteiger partial charge in [0.2, 0.25) is 0 Å². The van der Waals surface area contributed by atoms with Crippen molar-refractivity contribution in [1.29, 1.82) is 0 Å². The molecule has 2 aromatic rings. The van der Waals surface area contributed by atoms with Crippen molar-refractivity contribution >= 4 is 0 Å². The van der Waals surface area contributed by atoms with Crippen LogP contribution in [0.4, 0.5) is 17.6 Å². The van der Waals surface area contributed by atoms with Crippen LogP contribution in [0.2, 0.25) is 0 Å². The van der Waals surface area contributed by atoms with Gasteiger partial charge in [0.1, 0.15) is 5.82 Å². The molecule has 1 aromatic carbocycles.